The molecular formula is C18H27NO3. The molecular weight excluding hydrogens is 278 g/mol. The van der Waals surface area contributed by atoms with Gasteiger partial charge in [0.2, 0.25) is 0 Å². The maximum atomic E-state index is 11.7. The van der Waals surface area contributed by atoms with Crippen molar-refractivity contribution in [3.8, 4) is 5.75 Å². The summed E-state index contributed by atoms with van der Waals surface area (Å²) in [6, 6.07) is 6.09. The highest BCUT2D eigenvalue weighted by molar-refractivity contribution is 5.84. The quantitative estimate of drug-likeness (QED) is 0.902. The fraction of sp³-hybridized carbons (Fsp3) is 0.611. The second-order valence-corrected chi connectivity index (χ2v) is 8.24. The van der Waals surface area contributed by atoms with Crippen LogP contribution in [0.1, 0.15) is 54.0 Å². The van der Waals surface area contributed by atoms with Crippen molar-refractivity contribution in [3.05, 3.63) is 23.8 Å². The van der Waals surface area contributed by atoms with Crippen molar-refractivity contribution >= 4 is 11.7 Å². The Kier molecular flexibility index (Phi) is 3.71. The van der Waals surface area contributed by atoms with Gasteiger partial charge in [0.25, 0.3) is 0 Å². The molecule has 0 atom stereocenters. The number of hydrogen-bond acceptors (Lipinski definition) is 3. The van der Waals surface area contributed by atoms with Crippen molar-refractivity contribution < 1.29 is 14.6 Å². The molecule has 0 aliphatic carbocycles. The summed E-state index contributed by atoms with van der Waals surface area (Å²) in [5, 5.41) is 9.64. The summed E-state index contributed by atoms with van der Waals surface area (Å²) in [7, 11) is 0. The highest BCUT2D eigenvalue weighted by Crippen LogP contribution is 2.42. The minimum absolute atomic E-state index is 0.00102. The average Bonchev–Trinajstić information content (AvgIpc) is 2.34. The first-order valence-corrected chi connectivity index (χ1v) is 7.69. The number of carbonyl (C=O) groups is 1. The molecule has 0 radical (unpaired) electrons. The van der Waals surface area contributed by atoms with Gasteiger partial charge in [0, 0.05) is 0 Å². The number of fused-ring (bicyclic) bond motifs is 1. The summed E-state index contributed by atoms with van der Waals surface area (Å²) in [6.07, 6.45) is 0. The molecule has 1 aliphatic rings. The zero-order chi connectivity index (χ0) is 16.9. The van der Waals surface area contributed by atoms with Crippen LogP contribution in [-0.2, 0) is 10.2 Å². The lowest BCUT2D eigenvalue weighted by molar-refractivity contribution is -0.142. The molecule has 2 rings (SSSR count). The van der Waals surface area contributed by atoms with E-state index in [1.807, 2.05) is 24.8 Å². The Morgan fingerprint density at radius 2 is 1.82 bits per heavy atom. The monoisotopic (exact) mass is 305 g/mol. The summed E-state index contributed by atoms with van der Waals surface area (Å²) in [6.45, 7) is 14.4. The predicted molar refractivity (Wildman–Crippen MR) is 88.9 cm³/mol. The number of rotatable bonds is 2. The van der Waals surface area contributed by atoms with Gasteiger partial charge in [-0.1, -0.05) is 26.8 Å². The van der Waals surface area contributed by atoms with Gasteiger partial charge in [0.05, 0.1) is 12.2 Å². The second-order valence-electron chi connectivity index (χ2n) is 8.24. The third-order valence-corrected chi connectivity index (χ3v) is 4.24. The number of aliphatic carboxylic acids is 1. The Morgan fingerprint density at radius 1 is 1.23 bits per heavy atom. The van der Waals surface area contributed by atoms with Gasteiger partial charge in [-0.05, 0) is 50.8 Å². The highest BCUT2D eigenvalue weighted by Gasteiger charge is 2.43. The molecule has 0 aromatic heterocycles. The fourth-order valence-corrected chi connectivity index (χ4v) is 2.69. The van der Waals surface area contributed by atoms with Crippen LogP contribution in [0.25, 0.3) is 0 Å². The molecule has 122 valence electrons. The minimum atomic E-state index is -0.994. The van der Waals surface area contributed by atoms with Crippen LogP contribution in [0.4, 0.5) is 5.69 Å². The van der Waals surface area contributed by atoms with E-state index >= 15 is 0 Å². The van der Waals surface area contributed by atoms with Crippen LogP contribution in [0.15, 0.2) is 18.2 Å². The molecule has 1 aromatic rings. The molecule has 1 aliphatic heterocycles. The minimum Gasteiger partial charge on any atom is -0.484 e. The lowest BCUT2D eigenvalue weighted by Crippen LogP contribution is -2.58. The van der Waals surface area contributed by atoms with Crippen LogP contribution >= 0.6 is 0 Å². The Bertz CT molecular complexity index is 597. The molecule has 1 heterocycles. The molecule has 22 heavy (non-hydrogen) atoms. The summed E-state index contributed by atoms with van der Waals surface area (Å²) in [5.74, 6) is -0.0871. The maximum absolute atomic E-state index is 11.7. The predicted octanol–water partition coefficient (Wildman–Crippen LogP) is 3.82. The lowest BCUT2D eigenvalue weighted by Gasteiger charge is -2.47. The van der Waals surface area contributed by atoms with E-state index < -0.39 is 17.1 Å². The molecule has 1 N–H and O–H groups in total. The van der Waals surface area contributed by atoms with Crippen molar-refractivity contribution in [1.82, 2.24) is 0 Å². The van der Waals surface area contributed by atoms with Gasteiger partial charge in [-0.25, -0.2) is 4.79 Å². The third kappa shape index (κ3) is 2.92. The average molecular weight is 305 g/mol. The molecule has 0 bridgehead atoms. The summed E-state index contributed by atoms with van der Waals surface area (Å²) in [5.41, 5.74) is 0.607. The topological polar surface area (TPSA) is 49.8 Å². The van der Waals surface area contributed by atoms with Crippen molar-refractivity contribution in [2.24, 2.45) is 0 Å². The summed E-state index contributed by atoms with van der Waals surface area (Å²) in [4.78, 5) is 13.7. The van der Waals surface area contributed by atoms with E-state index in [-0.39, 0.29) is 5.41 Å². The van der Waals surface area contributed by atoms with Gasteiger partial charge in [-0.15, -0.1) is 0 Å². The van der Waals surface area contributed by atoms with Crippen molar-refractivity contribution in [2.75, 3.05) is 11.4 Å². The molecule has 0 unspecified atom stereocenters. The molecule has 0 spiro atoms. The van der Waals surface area contributed by atoms with E-state index in [9.17, 15) is 9.90 Å². The van der Waals surface area contributed by atoms with Crippen molar-refractivity contribution in [3.63, 3.8) is 0 Å². The van der Waals surface area contributed by atoms with Gasteiger partial charge in [-0.3, -0.25) is 0 Å². The Hall–Kier alpha value is -1.71. The Balaban J connectivity index is 2.61. The number of nitrogens with zero attached hydrogens (tertiary/aromatic N) is 1. The number of ether oxygens (including phenoxy) is 1. The first-order valence-electron chi connectivity index (χ1n) is 7.69. The molecule has 0 saturated heterocycles. The largest absolute Gasteiger partial charge is 0.484 e. The van der Waals surface area contributed by atoms with E-state index in [0.717, 1.165) is 11.4 Å². The summed E-state index contributed by atoms with van der Waals surface area (Å²) >= 11 is 0. The Labute approximate surface area is 133 Å². The molecule has 4 nitrogen and oxygen atoms in total. The maximum Gasteiger partial charge on any atom is 0.328 e. The molecule has 0 fully saturated rings. The van der Waals surface area contributed by atoms with Crippen LogP contribution in [0.3, 0.4) is 0 Å². The van der Waals surface area contributed by atoms with Gasteiger partial charge in [0.15, 0.2) is 0 Å². The van der Waals surface area contributed by atoms with Gasteiger partial charge >= 0.3 is 5.97 Å². The zero-order valence-electron chi connectivity index (χ0n) is 14.7. The van der Waals surface area contributed by atoms with Crippen LogP contribution in [0, 0.1) is 0 Å². The summed E-state index contributed by atoms with van der Waals surface area (Å²) < 4.78 is 6.06. The van der Waals surface area contributed by atoms with Crippen LogP contribution < -0.4 is 9.64 Å². The normalized spacial score (nSPS) is 17.7. The number of carboxylic acid groups (broad SMARTS) is 1. The zero-order valence-corrected chi connectivity index (χ0v) is 14.7. The van der Waals surface area contributed by atoms with E-state index in [2.05, 4.69) is 32.9 Å². The standard InChI is InChI=1S/C18H27NO3/c1-16(2,3)12-8-9-14-13(10-12)19(11-17(4,5)22-14)18(6,7)15(20)21/h8-10H,11H2,1-7H3,(H,20,21). The van der Waals surface area contributed by atoms with Crippen LogP contribution in [0.2, 0.25) is 0 Å². The van der Waals surface area contributed by atoms with E-state index in [4.69, 9.17) is 4.74 Å². The number of carboxylic acids is 1. The van der Waals surface area contributed by atoms with Gasteiger partial charge in [-0.2, -0.15) is 0 Å². The molecule has 4 heteroatoms. The molecule has 1 aromatic carbocycles. The number of hydrogen-bond donors (Lipinski definition) is 1. The number of anilines is 1. The first-order chi connectivity index (χ1) is 9.84. The second kappa shape index (κ2) is 4.90. The van der Waals surface area contributed by atoms with E-state index in [0.29, 0.717) is 6.54 Å². The van der Waals surface area contributed by atoms with Gasteiger partial charge in [0.1, 0.15) is 16.9 Å². The first kappa shape index (κ1) is 16.7. The molecule has 0 amide bonds. The number of benzene rings is 1. The highest BCUT2D eigenvalue weighted by atomic mass is 16.5. The Morgan fingerprint density at radius 3 is 2.32 bits per heavy atom. The fourth-order valence-electron chi connectivity index (χ4n) is 2.69. The smallest absolute Gasteiger partial charge is 0.328 e. The van der Waals surface area contributed by atoms with Crippen molar-refractivity contribution in [2.45, 2.75) is 65.0 Å². The van der Waals surface area contributed by atoms with E-state index in [1.165, 1.54) is 5.56 Å². The lowest BCUT2D eigenvalue weighted by atomic mass is 9.85. The molecule has 0 saturated carbocycles. The van der Waals surface area contributed by atoms with Crippen LogP contribution in [0.5, 0.6) is 5.75 Å². The van der Waals surface area contributed by atoms with Gasteiger partial charge < -0.3 is 14.7 Å². The van der Waals surface area contributed by atoms with Crippen molar-refractivity contribution in [1.29, 1.82) is 0 Å². The third-order valence-electron chi connectivity index (χ3n) is 4.24. The van der Waals surface area contributed by atoms with E-state index in [1.54, 1.807) is 13.8 Å². The SMILES string of the molecule is CC1(C)CN(C(C)(C)C(=O)O)c2cc(C(C)(C)C)ccc2O1. The van der Waals surface area contributed by atoms with Crippen LogP contribution in [-0.4, -0.2) is 28.8 Å².